The Labute approximate surface area is 102 Å². The Balaban J connectivity index is 1.99. The normalized spacial score (nSPS) is 22.5. The van der Waals surface area contributed by atoms with Crippen LogP contribution in [0.1, 0.15) is 31.2 Å². The van der Waals surface area contributed by atoms with Gasteiger partial charge in [-0.2, -0.15) is 0 Å². The lowest BCUT2D eigenvalue weighted by molar-refractivity contribution is -0.142. The van der Waals surface area contributed by atoms with Gasteiger partial charge in [0, 0.05) is 6.54 Å². The van der Waals surface area contributed by atoms with Crippen LogP contribution in [0.15, 0.2) is 30.3 Å². The van der Waals surface area contributed by atoms with Gasteiger partial charge in [-0.3, -0.25) is 9.69 Å². The molecule has 1 heterocycles. The minimum atomic E-state index is -0.678. The summed E-state index contributed by atoms with van der Waals surface area (Å²) in [7, 11) is 0. The van der Waals surface area contributed by atoms with E-state index >= 15 is 0 Å². The fourth-order valence-corrected chi connectivity index (χ4v) is 2.56. The first-order valence-electron chi connectivity index (χ1n) is 6.20. The van der Waals surface area contributed by atoms with Crippen molar-refractivity contribution in [2.24, 2.45) is 0 Å². The van der Waals surface area contributed by atoms with Crippen LogP contribution in [0.3, 0.4) is 0 Å². The van der Waals surface area contributed by atoms with Gasteiger partial charge in [0.25, 0.3) is 0 Å². The van der Waals surface area contributed by atoms with Gasteiger partial charge in [-0.1, -0.05) is 37.3 Å². The first kappa shape index (κ1) is 12.1. The van der Waals surface area contributed by atoms with Gasteiger partial charge in [0.05, 0.1) is 0 Å². The first-order chi connectivity index (χ1) is 8.18. The topological polar surface area (TPSA) is 40.5 Å². The molecule has 17 heavy (non-hydrogen) atoms. The van der Waals surface area contributed by atoms with Crippen molar-refractivity contribution in [2.45, 2.75) is 31.7 Å². The van der Waals surface area contributed by atoms with Gasteiger partial charge < -0.3 is 5.11 Å². The molecule has 1 aromatic rings. The number of likely N-dealkylation sites (tertiary alicyclic amines) is 1. The molecule has 0 amide bonds. The number of carboxylic acid groups (broad SMARTS) is 1. The summed E-state index contributed by atoms with van der Waals surface area (Å²) in [5.74, 6) is -0.293. The molecule has 0 aromatic heterocycles. The maximum Gasteiger partial charge on any atom is 0.320 e. The molecule has 1 aromatic carbocycles. The molecular weight excluding hydrogens is 214 g/mol. The van der Waals surface area contributed by atoms with E-state index in [1.54, 1.807) is 0 Å². The van der Waals surface area contributed by atoms with Gasteiger partial charge in [0.15, 0.2) is 0 Å². The minimum absolute atomic E-state index is 0.277. The molecule has 1 unspecified atom stereocenters. The van der Waals surface area contributed by atoms with Gasteiger partial charge in [0.2, 0.25) is 0 Å². The highest BCUT2D eigenvalue weighted by molar-refractivity contribution is 5.73. The molecule has 0 bridgehead atoms. The number of hydrogen-bond acceptors (Lipinski definition) is 2. The third-order valence-corrected chi connectivity index (χ3v) is 3.53. The Morgan fingerprint density at radius 1 is 1.47 bits per heavy atom. The van der Waals surface area contributed by atoms with Crippen LogP contribution in [0.2, 0.25) is 0 Å². The second-order valence-electron chi connectivity index (χ2n) is 4.80. The van der Waals surface area contributed by atoms with E-state index in [2.05, 4.69) is 24.0 Å². The molecule has 2 atom stereocenters. The number of aliphatic carboxylic acids is 1. The number of nitrogens with zero attached hydrogens (tertiary/aromatic N) is 1. The highest BCUT2D eigenvalue weighted by atomic mass is 16.4. The quantitative estimate of drug-likeness (QED) is 0.867. The van der Waals surface area contributed by atoms with Crippen LogP contribution >= 0.6 is 0 Å². The van der Waals surface area contributed by atoms with Crippen molar-refractivity contribution >= 4 is 5.97 Å². The fourth-order valence-electron chi connectivity index (χ4n) is 2.56. The van der Waals surface area contributed by atoms with E-state index < -0.39 is 5.97 Å². The number of carboxylic acids is 1. The average molecular weight is 233 g/mol. The van der Waals surface area contributed by atoms with Gasteiger partial charge in [-0.15, -0.1) is 0 Å². The summed E-state index contributed by atoms with van der Waals surface area (Å²) in [5.41, 5.74) is 1.28. The smallest absolute Gasteiger partial charge is 0.320 e. The molecule has 3 nitrogen and oxygen atoms in total. The Hall–Kier alpha value is -1.35. The van der Waals surface area contributed by atoms with Crippen molar-refractivity contribution in [2.75, 3.05) is 13.1 Å². The van der Waals surface area contributed by atoms with Crippen molar-refractivity contribution in [3.63, 3.8) is 0 Å². The molecule has 0 spiro atoms. The number of hydrogen-bond donors (Lipinski definition) is 1. The monoisotopic (exact) mass is 233 g/mol. The predicted molar refractivity (Wildman–Crippen MR) is 67.1 cm³/mol. The minimum Gasteiger partial charge on any atom is -0.480 e. The molecule has 1 aliphatic heterocycles. The molecule has 92 valence electrons. The van der Waals surface area contributed by atoms with Crippen molar-refractivity contribution < 1.29 is 9.90 Å². The maximum atomic E-state index is 11.1. The van der Waals surface area contributed by atoms with E-state index in [1.165, 1.54) is 5.56 Å². The molecule has 0 saturated carbocycles. The number of rotatable bonds is 4. The average Bonchev–Trinajstić information content (AvgIpc) is 2.78. The summed E-state index contributed by atoms with van der Waals surface area (Å²) in [5, 5.41) is 9.13. The maximum absolute atomic E-state index is 11.1. The van der Waals surface area contributed by atoms with Crippen LogP contribution in [-0.2, 0) is 4.79 Å². The Bertz CT molecular complexity index is 377. The Kier molecular flexibility index (Phi) is 3.79. The zero-order valence-corrected chi connectivity index (χ0v) is 10.2. The van der Waals surface area contributed by atoms with Gasteiger partial charge >= 0.3 is 5.97 Å². The lowest BCUT2D eigenvalue weighted by Crippen LogP contribution is -2.38. The van der Waals surface area contributed by atoms with Crippen LogP contribution < -0.4 is 0 Å². The summed E-state index contributed by atoms with van der Waals surface area (Å²) in [6, 6.07) is 10.0. The first-order valence-corrected chi connectivity index (χ1v) is 6.20. The highest BCUT2D eigenvalue weighted by Gasteiger charge is 2.31. The third kappa shape index (κ3) is 2.86. The zero-order valence-electron chi connectivity index (χ0n) is 10.2. The predicted octanol–water partition coefficient (Wildman–Crippen LogP) is 2.34. The molecule has 2 rings (SSSR count). The molecule has 1 fully saturated rings. The highest BCUT2D eigenvalue weighted by Crippen LogP contribution is 2.23. The Morgan fingerprint density at radius 3 is 2.82 bits per heavy atom. The van der Waals surface area contributed by atoms with Crippen LogP contribution in [-0.4, -0.2) is 35.1 Å². The molecule has 0 radical (unpaired) electrons. The van der Waals surface area contributed by atoms with Crippen molar-refractivity contribution in [1.82, 2.24) is 4.90 Å². The summed E-state index contributed by atoms with van der Waals surface area (Å²) < 4.78 is 0. The van der Waals surface area contributed by atoms with Crippen molar-refractivity contribution in [1.29, 1.82) is 0 Å². The summed E-state index contributed by atoms with van der Waals surface area (Å²) in [6.07, 6.45) is 1.79. The van der Waals surface area contributed by atoms with Crippen molar-refractivity contribution in [3.05, 3.63) is 35.9 Å². The lowest BCUT2D eigenvalue weighted by atomic mass is 10.0. The van der Waals surface area contributed by atoms with Crippen LogP contribution in [0.25, 0.3) is 0 Å². The molecule has 1 aliphatic rings. The third-order valence-electron chi connectivity index (χ3n) is 3.53. The lowest BCUT2D eigenvalue weighted by Gasteiger charge is -2.24. The molecule has 0 aliphatic carbocycles. The van der Waals surface area contributed by atoms with Gasteiger partial charge in [-0.25, -0.2) is 0 Å². The van der Waals surface area contributed by atoms with Crippen LogP contribution in [0.5, 0.6) is 0 Å². The van der Waals surface area contributed by atoms with Gasteiger partial charge in [0.1, 0.15) is 6.04 Å². The zero-order chi connectivity index (χ0) is 12.3. The second-order valence-corrected chi connectivity index (χ2v) is 4.80. The largest absolute Gasteiger partial charge is 0.480 e. The molecule has 1 saturated heterocycles. The van der Waals surface area contributed by atoms with E-state index in [-0.39, 0.29) is 6.04 Å². The fraction of sp³-hybridized carbons (Fsp3) is 0.500. The summed E-state index contributed by atoms with van der Waals surface area (Å²) in [4.78, 5) is 13.2. The van der Waals surface area contributed by atoms with Crippen LogP contribution in [0.4, 0.5) is 0 Å². The van der Waals surface area contributed by atoms with E-state index in [9.17, 15) is 4.79 Å². The van der Waals surface area contributed by atoms with Crippen LogP contribution in [0, 0.1) is 0 Å². The van der Waals surface area contributed by atoms with E-state index in [0.29, 0.717) is 5.92 Å². The molecular formula is C14H19NO2. The van der Waals surface area contributed by atoms with E-state index in [1.807, 2.05) is 18.2 Å². The summed E-state index contributed by atoms with van der Waals surface area (Å²) in [6.45, 7) is 3.90. The number of benzene rings is 1. The van der Waals surface area contributed by atoms with Crippen molar-refractivity contribution in [3.8, 4) is 0 Å². The second kappa shape index (κ2) is 5.32. The van der Waals surface area contributed by atoms with E-state index in [4.69, 9.17) is 5.11 Å². The number of carbonyl (C=O) groups is 1. The molecule has 3 heteroatoms. The summed E-state index contributed by atoms with van der Waals surface area (Å²) >= 11 is 0. The SMILES string of the molecule is CC(CN1CCC[C@@H]1C(=O)O)c1ccccc1. The van der Waals surface area contributed by atoms with E-state index in [0.717, 1.165) is 25.9 Å². The molecule has 1 N–H and O–H groups in total. The standard InChI is InChI=1S/C14H19NO2/c1-11(12-6-3-2-4-7-12)10-15-9-5-8-13(15)14(16)17/h2-4,6-7,11,13H,5,8-10H2,1H3,(H,16,17)/t11?,13-/m1/s1. The Morgan fingerprint density at radius 2 is 2.18 bits per heavy atom. The van der Waals surface area contributed by atoms with Gasteiger partial charge in [-0.05, 0) is 30.9 Å².